The summed E-state index contributed by atoms with van der Waals surface area (Å²) in [6.07, 6.45) is 6.05. The van der Waals surface area contributed by atoms with Crippen molar-refractivity contribution in [3.63, 3.8) is 0 Å². The Morgan fingerprint density at radius 2 is 1.94 bits per heavy atom. The molecule has 1 aliphatic carbocycles. The Balaban J connectivity index is 1.61. The second-order valence-electron chi connectivity index (χ2n) is 6.25. The molecule has 0 aromatic carbocycles. The van der Waals surface area contributed by atoms with Gasteiger partial charge in [0.25, 0.3) is 0 Å². The number of nitrogens with one attached hydrogen (secondary N) is 1. The van der Waals surface area contributed by atoms with Crippen molar-refractivity contribution in [2.24, 2.45) is 5.92 Å². The Labute approximate surface area is 110 Å². The van der Waals surface area contributed by atoms with Gasteiger partial charge in [0.15, 0.2) is 9.84 Å². The van der Waals surface area contributed by atoms with Crippen LogP contribution in [0.15, 0.2) is 0 Å². The van der Waals surface area contributed by atoms with Gasteiger partial charge in [0, 0.05) is 25.2 Å². The molecule has 4 nitrogen and oxygen atoms in total. The van der Waals surface area contributed by atoms with Crippen LogP contribution in [0.3, 0.4) is 0 Å². The fourth-order valence-corrected chi connectivity index (χ4v) is 5.03. The van der Waals surface area contributed by atoms with Gasteiger partial charge in [-0.1, -0.05) is 0 Å². The van der Waals surface area contributed by atoms with Crippen molar-refractivity contribution in [3.05, 3.63) is 0 Å². The Morgan fingerprint density at radius 3 is 2.50 bits per heavy atom. The molecule has 2 heterocycles. The number of sulfone groups is 1. The normalized spacial score (nSPS) is 35.4. The maximum atomic E-state index is 11.6. The molecule has 2 unspecified atom stereocenters. The second kappa shape index (κ2) is 5.10. The van der Waals surface area contributed by atoms with Gasteiger partial charge in [-0.25, -0.2) is 8.42 Å². The quantitative estimate of drug-likeness (QED) is 0.798. The van der Waals surface area contributed by atoms with Gasteiger partial charge in [-0.05, 0) is 44.6 Å². The van der Waals surface area contributed by atoms with Crippen LogP contribution in [-0.4, -0.2) is 56.5 Å². The van der Waals surface area contributed by atoms with Crippen molar-refractivity contribution in [1.82, 2.24) is 10.2 Å². The second-order valence-corrected chi connectivity index (χ2v) is 8.48. The first kappa shape index (κ1) is 12.9. The van der Waals surface area contributed by atoms with Gasteiger partial charge >= 0.3 is 0 Å². The van der Waals surface area contributed by atoms with Crippen LogP contribution in [0, 0.1) is 5.92 Å². The molecule has 104 valence electrons. The van der Waals surface area contributed by atoms with Crippen LogP contribution in [0.25, 0.3) is 0 Å². The fourth-order valence-electron chi connectivity index (χ4n) is 3.26. The minimum Gasteiger partial charge on any atom is -0.313 e. The summed E-state index contributed by atoms with van der Waals surface area (Å²) in [6, 6.07) is 0.880. The summed E-state index contributed by atoms with van der Waals surface area (Å²) < 4.78 is 23.3. The van der Waals surface area contributed by atoms with Crippen molar-refractivity contribution in [2.45, 2.75) is 44.2 Å². The zero-order valence-corrected chi connectivity index (χ0v) is 11.8. The van der Waals surface area contributed by atoms with Gasteiger partial charge in [0.1, 0.15) is 0 Å². The standard InChI is InChI=1S/C13H24N2O2S/c16-18(17)7-5-13(10-18)15(8-11-3-4-11)9-12-2-1-6-14-12/h11-14H,1-10H2. The van der Waals surface area contributed by atoms with Crippen LogP contribution in [0.5, 0.6) is 0 Å². The number of hydrogen-bond donors (Lipinski definition) is 1. The zero-order chi connectivity index (χ0) is 12.6. The lowest BCUT2D eigenvalue weighted by molar-refractivity contribution is 0.186. The molecular formula is C13H24N2O2S. The average Bonchev–Trinajstić information content (AvgIpc) is 2.84. The van der Waals surface area contributed by atoms with Crippen molar-refractivity contribution < 1.29 is 8.42 Å². The molecule has 2 saturated heterocycles. The fraction of sp³-hybridized carbons (Fsp3) is 1.00. The highest BCUT2D eigenvalue weighted by Crippen LogP contribution is 2.32. The van der Waals surface area contributed by atoms with Crippen LogP contribution in [0.4, 0.5) is 0 Å². The van der Waals surface area contributed by atoms with Crippen molar-refractivity contribution in [1.29, 1.82) is 0 Å². The first-order valence-corrected chi connectivity index (χ1v) is 9.12. The van der Waals surface area contributed by atoms with E-state index in [2.05, 4.69) is 10.2 Å². The van der Waals surface area contributed by atoms with Crippen LogP contribution in [0.1, 0.15) is 32.1 Å². The highest BCUT2D eigenvalue weighted by Gasteiger charge is 2.36. The molecule has 0 amide bonds. The lowest BCUT2D eigenvalue weighted by Gasteiger charge is -2.30. The van der Waals surface area contributed by atoms with E-state index in [1.54, 1.807) is 0 Å². The first-order chi connectivity index (χ1) is 8.62. The summed E-state index contributed by atoms with van der Waals surface area (Å²) >= 11 is 0. The molecule has 0 radical (unpaired) electrons. The summed E-state index contributed by atoms with van der Waals surface area (Å²) in [5.74, 6) is 1.64. The number of hydrogen-bond acceptors (Lipinski definition) is 4. The van der Waals surface area contributed by atoms with E-state index in [1.165, 1.54) is 25.7 Å². The Morgan fingerprint density at radius 1 is 1.11 bits per heavy atom. The maximum Gasteiger partial charge on any atom is 0.151 e. The van der Waals surface area contributed by atoms with E-state index in [9.17, 15) is 8.42 Å². The van der Waals surface area contributed by atoms with Gasteiger partial charge in [0.05, 0.1) is 11.5 Å². The topological polar surface area (TPSA) is 49.4 Å². The third-order valence-electron chi connectivity index (χ3n) is 4.53. The predicted molar refractivity (Wildman–Crippen MR) is 72.4 cm³/mol. The van der Waals surface area contributed by atoms with Gasteiger partial charge in [-0.15, -0.1) is 0 Å². The van der Waals surface area contributed by atoms with E-state index in [1.807, 2.05) is 0 Å². The van der Waals surface area contributed by atoms with E-state index in [-0.39, 0.29) is 6.04 Å². The molecule has 0 spiro atoms. The SMILES string of the molecule is O=S1(=O)CCC(N(CC2CC2)CC2CCCN2)C1. The highest BCUT2D eigenvalue weighted by atomic mass is 32.2. The number of rotatable bonds is 5. The van der Waals surface area contributed by atoms with E-state index in [4.69, 9.17) is 0 Å². The zero-order valence-electron chi connectivity index (χ0n) is 11.0. The largest absolute Gasteiger partial charge is 0.313 e. The average molecular weight is 272 g/mol. The minimum atomic E-state index is -2.75. The highest BCUT2D eigenvalue weighted by molar-refractivity contribution is 7.91. The van der Waals surface area contributed by atoms with Gasteiger partial charge in [0.2, 0.25) is 0 Å². The predicted octanol–water partition coefficient (Wildman–Crippen LogP) is 0.638. The maximum absolute atomic E-state index is 11.6. The summed E-state index contributed by atoms with van der Waals surface area (Å²) in [5, 5.41) is 3.53. The summed E-state index contributed by atoms with van der Waals surface area (Å²) in [7, 11) is -2.75. The Hall–Kier alpha value is -0.130. The third kappa shape index (κ3) is 3.25. The molecule has 2 aliphatic heterocycles. The molecule has 3 aliphatic rings. The summed E-state index contributed by atoms with van der Waals surface area (Å²) in [5.41, 5.74) is 0. The molecule has 18 heavy (non-hydrogen) atoms. The van der Waals surface area contributed by atoms with Crippen molar-refractivity contribution >= 4 is 9.84 Å². The molecule has 3 rings (SSSR count). The molecule has 0 bridgehead atoms. The van der Waals surface area contributed by atoms with Gasteiger partial charge in [-0.3, -0.25) is 4.90 Å². The Kier molecular flexibility index (Phi) is 3.65. The van der Waals surface area contributed by atoms with Gasteiger partial charge < -0.3 is 5.32 Å². The molecule has 3 fully saturated rings. The van der Waals surface area contributed by atoms with Crippen LogP contribution in [0.2, 0.25) is 0 Å². The monoisotopic (exact) mass is 272 g/mol. The van der Waals surface area contributed by atoms with E-state index >= 15 is 0 Å². The smallest absolute Gasteiger partial charge is 0.151 e. The summed E-state index contributed by atoms with van der Waals surface area (Å²) in [4.78, 5) is 2.48. The van der Waals surface area contributed by atoms with E-state index in [0.717, 1.165) is 32.0 Å². The van der Waals surface area contributed by atoms with Crippen molar-refractivity contribution in [2.75, 3.05) is 31.1 Å². The molecule has 1 N–H and O–H groups in total. The van der Waals surface area contributed by atoms with Crippen LogP contribution < -0.4 is 5.32 Å². The molecular weight excluding hydrogens is 248 g/mol. The van der Waals surface area contributed by atoms with Gasteiger partial charge in [-0.2, -0.15) is 0 Å². The molecule has 5 heteroatoms. The molecule has 0 aromatic heterocycles. The molecule has 2 atom stereocenters. The molecule has 1 saturated carbocycles. The lowest BCUT2D eigenvalue weighted by Crippen LogP contribution is -2.45. The van der Waals surface area contributed by atoms with Crippen molar-refractivity contribution in [3.8, 4) is 0 Å². The summed E-state index contributed by atoms with van der Waals surface area (Å²) in [6.45, 7) is 3.31. The lowest BCUT2D eigenvalue weighted by atomic mass is 10.1. The number of nitrogens with zero attached hydrogens (tertiary/aromatic N) is 1. The van der Waals surface area contributed by atoms with Crippen LogP contribution in [-0.2, 0) is 9.84 Å². The van der Waals surface area contributed by atoms with Crippen LogP contribution >= 0.6 is 0 Å². The van der Waals surface area contributed by atoms with E-state index in [0.29, 0.717) is 17.5 Å². The molecule has 0 aromatic rings. The Bertz CT molecular complexity index is 386. The third-order valence-corrected chi connectivity index (χ3v) is 6.28. The first-order valence-electron chi connectivity index (χ1n) is 7.30. The van der Waals surface area contributed by atoms with E-state index < -0.39 is 9.84 Å². The minimum absolute atomic E-state index is 0.290.